The lowest BCUT2D eigenvalue weighted by atomic mass is 9.84. The number of hydrogen-bond acceptors (Lipinski definition) is 5. The SMILES string of the molecule is CCOC(=O)C(C)(C)C(O)/C(=C/c1ccc(Cl)cc1)n1cncn1. The van der Waals surface area contributed by atoms with Gasteiger partial charge in [0.25, 0.3) is 0 Å². The highest BCUT2D eigenvalue weighted by Crippen LogP contribution is 2.31. The number of benzene rings is 1. The van der Waals surface area contributed by atoms with E-state index in [0.29, 0.717) is 10.7 Å². The third-order valence-electron chi connectivity index (χ3n) is 3.63. The first-order chi connectivity index (χ1) is 11.4. The van der Waals surface area contributed by atoms with E-state index in [0.717, 1.165) is 5.56 Å². The first-order valence-corrected chi connectivity index (χ1v) is 7.91. The van der Waals surface area contributed by atoms with Gasteiger partial charge in [-0.05, 0) is 44.5 Å². The van der Waals surface area contributed by atoms with Gasteiger partial charge in [0.05, 0.1) is 17.7 Å². The molecule has 1 unspecified atom stereocenters. The van der Waals surface area contributed by atoms with Crippen LogP contribution in [0.2, 0.25) is 5.02 Å². The summed E-state index contributed by atoms with van der Waals surface area (Å²) in [7, 11) is 0. The fourth-order valence-corrected chi connectivity index (χ4v) is 2.27. The number of aliphatic hydroxyl groups is 1. The molecule has 6 nitrogen and oxygen atoms in total. The van der Waals surface area contributed by atoms with Gasteiger partial charge in [0.2, 0.25) is 0 Å². The number of halogens is 1. The second-order valence-electron chi connectivity index (χ2n) is 5.81. The number of nitrogens with zero attached hydrogens (tertiary/aromatic N) is 3. The van der Waals surface area contributed by atoms with E-state index < -0.39 is 17.5 Å². The van der Waals surface area contributed by atoms with E-state index in [1.54, 1.807) is 39.0 Å². The van der Waals surface area contributed by atoms with Crippen LogP contribution in [0, 0.1) is 5.41 Å². The van der Waals surface area contributed by atoms with Crippen molar-refractivity contribution in [2.45, 2.75) is 26.9 Å². The minimum Gasteiger partial charge on any atom is -0.465 e. The number of rotatable bonds is 6. The minimum absolute atomic E-state index is 0.245. The topological polar surface area (TPSA) is 77.2 Å². The Balaban J connectivity index is 2.43. The number of carbonyl (C=O) groups excluding carboxylic acids is 1. The van der Waals surface area contributed by atoms with Crippen LogP contribution in [-0.4, -0.2) is 38.6 Å². The first-order valence-electron chi connectivity index (χ1n) is 7.53. The average molecular weight is 350 g/mol. The molecule has 2 rings (SSSR count). The van der Waals surface area contributed by atoms with Crippen molar-refractivity contribution in [1.29, 1.82) is 0 Å². The molecule has 0 aliphatic rings. The third kappa shape index (κ3) is 4.01. The molecule has 0 aliphatic carbocycles. The molecule has 0 aliphatic heterocycles. The van der Waals surface area contributed by atoms with Crippen LogP contribution in [0.5, 0.6) is 0 Å². The molecule has 0 amide bonds. The number of carbonyl (C=O) groups is 1. The van der Waals surface area contributed by atoms with Gasteiger partial charge >= 0.3 is 5.97 Å². The minimum atomic E-state index is -1.15. The molecule has 0 spiro atoms. The number of aromatic nitrogens is 3. The zero-order valence-electron chi connectivity index (χ0n) is 13.8. The maximum absolute atomic E-state index is 12.2. The van der Waals surface area contributed by atoms with Gasteiger partial charge < -0.3 is 9.84 Å². The van der Waals surface area contributed by atoms with Crippen LogP contribution < -0.4 is 0 Å². The van der Waals surface area contributed by atoms with E-state index in [1.807, 2.05) is 12.1 Å². The third-order valence-corrected chi connectivity index (χ3v) is 3.89. The highest BCUT2D eigenvalue weighted by molar-refractivity contribution is 6.30. The molecule has 0 bridgehead atoms. The van der Waals surface area contributed by atoms with Crippen LogP contribution in [-0.2, 0) is 9.53 Å². The summed E-state index contributed by atoms with van der Waals surface area (Å²) >= 11 is 5.90. The second-order valence-corrected chi connectivity index (χ2v) is 6.24. The molecule has 1 aromatic carbocycles. The Kier molecular flexibility index (Phi) is 5.75. The van der Waals surface area contributed by atoms with Gasteiger partial charge in [-0.1, -0.05) is 23.7 Å². The molecule has 0 saturated heterocycles. The smallest absolute Gasteiger partial charge is 0.314 e. The summed E-state index contributed by atoms with van der Waals surface area (Å²) in [4.78, 5) is 16.1. The van der Waals surface area contributed by atoms with Crippen LogP contribution in [0.15, 0.2) is 36.9 Å². The van der Waals surface area contributed by atoms with Crippen molar-refractivity contribution in [3.8, 4) is 0 Å². The van der Waals surface area contributed by atoms with Crippen molar-refractivity contribution in [3.63, 3.8) is 0 Å². The maximum Gasteiger partial charge on any atom is 0.314 e. The molecule has 1 atom stereocenters. The lowest BCUT2D eigenvalue weighted by molar-refractivity contribution is -0.157. The lowest BCUT2D eigenvalue weighted by Gasteiger charge is -2.29. The molecule has 0 fully saturated rings. The van der Waals surface area contributed by atoms with E-state index in [-0.39, 0.29) is 6.61 Å². The van der Waals surface area contributed by atoms with Gasteiger partial charge in [-0.25, -0.2) is 9.67 Å². The van der Waals surface area contributed by atoms with Gasteiger partial charge in [0, 0.05) is 5.02 Å². The molecular formula is C17H20ClN3O3. The van der Waals surface area contributed by atoms with Crippen LogP contribution in [0.4, 0.5) is 0 Å². The molecule has 24 heavy (non-hydrogen) atoms. The van der Waals surface area contributed by atoms with Gasteiger partial charge in [-0.15, -0.1) is 0 Å². The van der Waals surface area contributed by atoms with E-state index >= 15 is 0 Å². The summed E-state index contributed by atoms with van der Waals surface area (Å²) < 4.78 is 6.50. The standard InChI is InChI=1S/C17H20ClN3O3/c1-4-24-16(23)17(2,3)15(22)14(21-11-19-10-20-21)9-12-5-7-13(18)8-6-12/h5-11,15,22H,4H2,1-3H3/b14-9-. The van der Waals surface area contributed by atoms with E-state index in [9.17, 15) is 9.90 Å². The Morgan fingerprint density at radius 2 is 2.08 bits per heavy atom. The van der Waals surface area contributed by atoms with Crippen molar-refractivity contribution in [3.05, 3.63) is 47.5 Å². The highest BCUT2D eigenvalue weighted by Gasteiger charge is 2.40. The van der Waals surface area contributed by atoms with E-state index in [2.05, 4.69) is 10.1 Å². The molecule has 1 N–H and O–H groups in total. The van der Waals surface area contributed by atoms with Crippen molar-refractivity contribution < 1.29 is 14.6 Å². The predicted octanol–water partition coefficient (Wildman–Crippen LogP) is 2.88. The summed E-state index contributed by atoms with van der Waals surface area (Å²) in [5, 5.41) is 15.5. The van der Waals surface area contributed by atoms with Crippen molar-refractivity contribution in [2.75, 3.05) is 6.61 Å². The van der Waals surface area contributed by atoms with Crippen molar-refractivity contribution in [2.24, 2.45) is 5.41 Å². The van der Waals surface area contributed by atoms with Crippen LogP contribution in [0.25, 0.3) is 11.8 Å². The van der Waals surface area contributed by atoms with Crippen LogP contribution in [0.3, 0.4) is 0 Å². The van der Waals surface area contributed by atoms with Crippen molar-refractivity contribution in [1.82, 2.24) is 14.8 Å². The first kappa shape index (κ1) is 18.2. The number of esters is 1. The van der Waals surface area contributed by atoms with E-state index in [1.165, 1.54) is 17.3 Å². The molecule has 1 heterocycles. The maximum atomic E-state index is 12.2. The number of ether oxygens (including phenoxy) is 1. The van der Waals surface area contributed by atoms with Crippen LogP contribution >= 0.6 is 11.6 Å². The summed E-state index contributed by atoms with van der Waals surface area (Å²) in [6.07, 6.45) is 3.41. The van der Waals surface area contributed by atoms with Crippen LogP contribution in [0.1, 0.15) is 26.3 Å². The van der Waals surface area contributed by atoms with E-state index in [4.69, 9.17) is 16.3 Å². The Bertz CT molecular complexity index is 709. The molecule has 7 heteroatoms. The monoisotopic (exact) mass is 349 g/mol. The fourth-order valence-electron chi connectivity index (χ4n) is 2.14. The Morgan fingerprint density at radius 1 is 1.42 bits per heavy atom. The molecular weight excluding hydrogens is 330 g/mol. The average Bonchev–Trinajstić information content (AvgIpc) is 3.08. The lowest BCUT2D eigenvalue weighted by Crippen LogP contribution is -2.40. The summed E-state index contributed by atoms with van der Waals surface area (Å²) in [5.41, 5.74) is 0.0664. The predicted molar refractivity (Wildman–Crippen MR) is 92.1 cm³/mol. The fraction of sp³-hybridized carbons (Fsp3) is 0.353. The molecule has 2 aromatic rings. The van der Waals surface area contributed by atoms with Gasteiger partial charge in [0.1, 0.15) is 18.8 Å². The summed E-state index contributed by atoms with van der Waals surface area (Å²) in [5.74, 6) is -0.486. The van der Waals surface area contributed by atoms with Gasteiger partial charge in [-0.2, -0.15) is 5.10 Å². The summed E-state index contributed by atoms with van der Waals surface area (Å²) in [6.45, 7) is 5.22. The zero-order chi connectivity index (χ0) is 17.7. The molecule has 1 aromatic heterocycles. The largest absolute Gasteiger partial charge is 0.465 e. The Labute approximate surface area is 145 Å². The molecule has 0 radical (unpaired) electrons. The Morgan fingerprint density at radius 3 is 2.62 bits per heavy atom. The van der Waals surface area contributed by atoms with Gasteiger partial charge in [0.15, 0.2) is 0 Å². The number of aliphatic hydroxyl groups excluding tert-OH is 1. The van der Waals surface area contributed by atoms with Crippen molar-refractivity contribution >= 4 is 29.3 Å². The Hall–Kier alpha value is -2.18. The zero-order valence-corrected chi connectivity index (χ0v) is 14.6. The summed E-state index contributed by atoms with van der Waals surface area (Å²) in [6, 6.07) is 7.11. The highest BCUT2D eigenvalue weighted by atomic mass is 35.5. The number of hydrogen-bond donors (Lipinski definition) is 1. The quantitative estimate of drug-likeness (QED) is 0.811. The molecule has 128 valence electrons. The normalized spacial score (nSPS) is 13.6. The van der Waals surface area contributed by atoms with Gasteiger partial charge in [-0.3, -0.25) is 4.79 Å². The second kappa shape index (κ2) is 7.59. The molecule has 0 saturated carbocycles.